The zero-order chi connectivity index (χ0) is 13.3. The van der Waals surface area contributed by atoms with E-state index in [1.54, 1.807) is 0 Å². The molecule has 0 atom stereocenters. The molecule has 2 rings (SSSR count). The van der Waals surface area contributed by atoms with Crippen molar-refractivity contribution in [2.45, 2.75) is 26.2 Å². The minimum absolute atomic E-state index is 0.121. The number of rotatable bonds is 2. The molecule has 0 aromatic carbocycles. The van der Waals surface area contributed by atoms with Gasteiger partial charge in [-0.15, -0.1) is 0 Å². The molecule has 6 heteroatoms. The summed E-state index contributed by atoms with van der Waals surface area (Å²) < 4.78 is 11.3. The van der Waals surface area contributed by atoms with Gasteiger partial charge in [0.2, 0.25) is 0 Å². The fourth-order valence-electron chi connectivity index (χ4n) is 1.90. The van der Waals surface area contributed by atoms with Crippen molar-refractivity contribution in [2.75, 3.05) is 29.5 Å². The molecule has 0 unspecified atom stereocenters. The molecule has 1 aliphatic heterocycles. The third-order valence-electron chi connectivity index (χ3n) is 2.91. The predicted molar refractivity (Wildman–Crippen MR) is 76.3 cm³/mol. The number of carbonyl (C=O) groups excluding carboxylic acids is 1. The van der Waals surface area contributed by atoms with Crippen LogP contribution in [0.25, 0.3) is 0 Å². The Morgan fingerprint density at radius 2 is 1.94 bits per heavy atom. The number of aldehydes is 1. The van der Waals surface area contributed by atoms with Gasteiger partial charge in [0.05, 0.1) is 10.6 Å². The summed E-state index contributed by atoms with van der Waals surface area (Å²) in [4.78, 5) is 18.6. The van der Waals surface area contributed by atoms with E-state index in [0.29, 0.717) is 16.4 Å². The Labute approximate surface area is 114 Å². The van der Waals surface area contributed by atoms with E-state index in [2.05, 4.69) is 30.7 Å². The van der Waals surface area contributed by atoms with Crippen LogP contribution in [0.4, 0.5) is 5.13 Å². The van der Waals surface area contributed by atoms with Crippen LogP contribution in [0.1, 0.15) is 36.1 Å². The van der Waals surface area contributed by atoms with Crippen LogP contribution in [0, 0.1) is 0 Å². The van der Waals surface area contributed by atoms with Gasteiger partial charge in [-0.3, -0.25) is 9.00 Å². The zero-order valence-electron chi connectivity index (χ0n) is 10.9. The van der Waals surface area contributed by atoms with Gasteiger partial charge in [0, 0.05) is 40.8 Å². The highest BCUT2D eigenvalue weighted by Gasteiger charge is 2.26. The summed E-state index contributed by atoms with van der Waals surface area (Å²) >= 11 is 1.44. The second kappa shape index (κ2) is 5.09. The highest BCUT2D eigenvalue weighted by Crippen LogP contribution is 2.33. The molecule has 0 amide bonds. The molecule has 1 aliphatic rings. The van der Waals surface area contributed by atoms with Gasteiger partial charge in [0.15, 0.2) is 11.4 Å². The lowest BCUT2D eigenvalue weighted by Gasteiger charge is -2.25. The van der Waals surface area contributed by atoms with Gasteiger partial charge >= 0.3 is 0 Å². The molecular formula is C12H18N2O2S2. The van der Waals surface area contributed by atoms with Crippen molar-refractivity contribution in [3.8, 4) is 0 Å². The van der Waals surface area contributed by atoms with E-state index in [1.165, 1.54) is 11.3 Å². The van der Waals surface area contributed by atoms with Crippen LogP contribution in [-0.4, -0.2) is 40.1 Å². The van der Waals surface area contributed by atoms with Gasteiger partial charge in [-0.25, -0.2) is 4.98 Å². The molecule has 0 aliphatic carbocycles. The van der Waals surface area contributed by atoms with Crippen molar-refractivity contribution < 1.29 is 9.00 Å². The Morgan fingerprint density at radius 3 is 2.39 bits per heavy atom. The third kappa shape index (κ3) is 2.80. The van der Waals surface area contributed by atoms with Crippen LogP contribution in [0.2, 0.25) is 0 Å². The highest BCUT2D eigenvalue weighted by molar-refractivity contribution is 7.85. The molecule has 1 aromatic heterocycles. The summed E-state index contributed by atoms with van der Waals surface area (Å²) in [6.07, 6.45) is 0.893. The first kappa shape index (κ1) is 13.7. The second-order valence-electron chi connectivity index (χ2n) is 5.41. The summed E-state index contributed by atoms with van der Waals surface area (Å²) in [6.45, 7) is 7.71. The SMILES string of the molecule is CC(C)(C)c1nc(N2CCS(=O)CC2)sc1C=O. The van der Waals surface area contributed by atoms with Gasteiger partial charge in [-0.2, -0.15) is 0 Å². The minimum Gasteiger partial charge on any atom is -0.346 e. The number of hydrogen-bond acceptors (Lipinski definition) is 5. The zero-order valence-corrected chi connectivity index (χ0v) is 12.6. The first-order valence-corrected chi connectivity index (χ1v) is 8.28. The van der Waals surface area contributed by atoms with Crippen LogP contribution in [-0.2, 0) is 16.2 Å². The smallest absolute Gasteiger partial charge is 0.186 e. The van der Waals surface area contributed by atoms with Gasteiger partial charge in [0.1, 0.15) is 0 Å². The number of aromatic nitrogens is 1. The lowest BCUT2D eigenvalue weighted by Crippen LogP contribution is -2.37. The quantitative estimate of drug-likeness (QED) is 0.778. The van der Waals surface area contributed by atoms with Crippen LogP contribution in [0.5, 0.6) is 0 Å². The Morgan fingerprint density at radius 1 is 1.33 bits per heavy atom. The fourth-order valence-corrected chi connectivity index (χ4v) is 4.10. The van der Waals surface area contributed by atoms with Crippen molar-refractivity contribution in [2.24, 2.45) is 0 Å². The number of nitrogens with zero attached hydrogens (tertiary/aromatic N) is 2. The number of thiazole rings is 1. The molecule has 1 aromatic rings. The average Bonchev–Trinajstić information content (AvgIpc) is 2.73. The lowest BCUT2D eigenvalue weighted by molar-refractivity contribution is 0.112. The Balaban J connectivity index is 2.27. The highest BCUT2D eigenvalue weighted by atomic mass is 32.2. The Kier molecular flexibility index (Phi) is 3.87. The molecule has 1 fully saturated rings. The largest absolute Gasteiger partial charge is 0.346 e. The van der Waals surface area contributed by atoms with Crippen LogP contribution < -0.4 is 4.90 Å². The standard InChI is InChI=1S/C12H18N2O2S2/c1-12(2,3)10-9(8-15)17-11(13-10)14-4-6-18(16)7-5-14/h8H,4-7H2,1-3H3. The van der Waals surface area contributed by atoms with Gasteiger partial charge in [-0.1, -0.05) is 32.1 Å². The molecule has 0 radical (unpaired) electrons. The average molecular weight is 286 g/mol. The first-order valence-electron chi connectivity index (χ1n) is 5.98. The minimum atomic E-state index is -0.686. The molecule has 0 saturated carbocycles. The van der Waals surface area contributed by atoms with E-state index < -0.39 is 10.8 Å². The maximum absolute atomic E-state index is 11.3. The van der Waals surface area contributed by atoms with E-state index in [0.717, 1.165) is 30.2 Å². The predicted octanol–water partition coefficient (Wildman–Crippen LogP) is 1.82. The summed E-state index contributed by atoms with van der Waals surface area (Å²) in [5.74, 6) is 1.39. The maximum Gasteiger partial charge on any atom is 0.186 e. The Bertz CT molecular complexity index is 467. The lowest BCUT2D eigenvalue weighted by atomic mass is 9.91. The van der Waals surface area contributed by atoms with Crippen molar-refractivity contribution in [3.63, 3.8) is 0 Å². The molecule has 100 valence electrons. The van der Waals surface area contributed by atoms with Crippen molar-refractivity contribution >= 4 is 33.6 Å². The van der Waals surface area contributed by atoms with E-state index in [4.69, 9.17) is 0 Å². The van der Waals surface area contributed by atoms with E-state index in [-0.39, 0.29) is 5.41 Å². The van der Waals surface area contributed by atoms with Crippen LogP contribution in [0.15, 0.2) is 0 Å². The van der Waals surface area contributed by atoms with Gasteiger partial charge in [0.25, 0.3) is 0 Å². The molecule has 0 bridgehead atoms. The third-order valence-corrected chi connectivity index (χ3v) is 5.23. The summed E-state index contributed by atoms with van der Waals surface area (Å²) in [6, 6.07) is 0. The molecule has 4 nitrogen and oxygen atoms in total. The normalized spacial score (nSPS) is 18.1. The molecule has 0 N–H and O–H groups in total. The van der Waals surface area contributed by atoms with Crippen molar-refractivity contribution in [1.82, 2.24) is 4.98 Å². The molecular weight excluding hydrogens is 268 g/mol. The molecule has 1 saturated heterocycles. The summed E-state index contributed by atoms with van der Waals surface area (Å²) in [7, 11) is -0.686. The number of hydrogen-bond donors (Lipinski definition) is 0. The first-order chi connectivity index (χ1) is 8.41. The number of anilines is 1. The van der Waals surface area contributed by atoms with E-state index in [9.17, 15) is 9.00 Å². The summed E-state index contributed by atoms with van der Waals surface area (Å²) in [5, 5.41) is 0.888. The molecule has 2 heterocycles. The van der Waals surface area contributed by atoms with E-state index in [1.807, 2.05) is 0 Å². The topological polar surface area (TPSA) is 50.3 Å². The van der Waals surface area contributed by atoms with Crippen LogP contribution >= 0.6 is 11.3 Å². The van der Waals surface area contributed by atoms with Gasteiger partial charge < -0.3 is 4.90 Å². The van der Waals surface area contributed by atoms with Crippen molar-refractivity contribution in [3.05, 3.63) is 10.6 Å². The second-order valence-corrected chi connectivity index (χ2v) is 8.12. The van der Waals surface area contributed by atoms with E-state index >= 15 is 0 Å². The molecule has 0 spiro atoms. The monoisotopic (exact) mass is 286 g/mol. The van der Waals surface area contributed by atoms with Crippen LogP contribution in [0.3, 0.4) is 0 Å². The maximum atomic E-state index is 11.3. The van der Waals surface area contributed by atoms with Crippen molar-refractivity contribution in [1.29, 1.82) is 0 Å². The Hall–Kier alpha value is -0.750. The van der Waals surface area contributed by atoms with Gasteiger partial charge in [-0.05, 0) is 0 Å². The molecule has 18 heavy (non-hydrogen) atoms. The number of carbonyl (C=O) groups is 1. The fraction of sp³-hybridized carbons (Fsp3) is 0.667. The summed E-state index contributed by atoms with van der Waals surface area (Å²) in [5.41, 5.74) is 0.744.